The van der Waals surface area contributed by atoms with Crippen LogP contribution in [0.15, 0.2) is 158 Å². The van der Waals surface area contributed by atoms with Gasteiger partial charge in [0, 0.05) is 0 Å². The van der Waals surface area contributed by atoms with Crippen molar-refractivity contribution in [3.8, 4) is 44.5 Å². The Morgan fingerprint density at radius 2 is 0.474 bits per heavy atom. The first kappa shape index (κ1) is 23.5. The molecular formula is C38H28. The first-order chi connectivity index (χ1) is 18.8. The summed E-state index contributed by atoms with van der Waals surface area (Å²) in [6.45, 7) is 0. The van der Waals surface area contributed by atoms with Crippen molar-refractivity contribution >= 4 is 12.2 Å². The molecule has 0 fully saturated rings. The lowest BCUT2D eigenvalue weighted by molar-refractivity contribution is 1.56. The summed E-state index contributed by atoms with van der Waals surface area (Å²) in [6.07, 6.45) is 4.47. The molecule has 0 saturated carbocycles. The van der Waals surface area contributed by atoms with Crippen LogP contribution in [0.2, 0.25) is 0 Å². The monoisotopic (exact) mass is 484 g/mol. The molecule has 6 aromatic carbocycles. The highest BCUT2D eigenvalue weighted by atomic mass is 14.1. The zero-order chi connectivity index (χ0) is 25.6. The van der Waals surface area contributed by atoms with Crippen molar-refractivity contribution in [3.05, 3.63) is 169 Å². The number of hydrogen-bond donors (Lipinski definition) is 0. The first-order valence-corrected chi connectivity index (χ1v) is 13.0. The van der Waals surface area contributed by atoms with Gasteiger partial charge in [0.05, 0.1) is 0 Å². The van der Waals surface area contributed by atoms with Crippen LogP contribution in [0.3, 0.4) is 0 Å². The van der Waals surface area contributed by atoms with Crippen LogP contribution in [0.5, 0.6) is 0 Å². The van der Waals surface area contributed by atoms with Gasteiger partial charge in [-0.05, 0) is 92.0 Å². The van der Waals surface area contributed by atoms with Crippen molar-refractivity contribution in [1.82, 2.24) is 0 Å². The van der Waals surface area contributed by atoms with E-state index < -0.39 is 0 Å². The Kier molecular flexibility index (Phi) is 6.78. The summed E-state index contributed by atoms with van der Waals surface area (Å²) in [4.78, 5) is 0. The van der Waals surface area contributed by atoms with E-state index in [1.54, 1.807) is 0 Å². The molecule has 0 amide bonds. The zero-order valence-electron chi connectivity index (χ0n) is 21.2. The average Bonchev–Trinajstić information content (AvgIpc) is 3.01. The second kappa shape index (κ2) is 11.0. The van der Waals surface area contributed by atoms with Crippen molar-refractivity contribution in [2.24, 2.45) is 0 Å². The fourth-order valence-corrected chi connectivity index (χ4v) is 4.88. The van der Waals surface area contributed by atoms with Gasteiger partial charge in [-0.3, -0.25) is 0 Å². The second-order valence-electron chi connectivity index (χ2n) is 9.48. The van der Waals surface area contributed by atoms with Gasteiger partial charge in [0.25, 0.3) is 0 Å². The van der Waals surface area contributed by atoms with Crippen LogP contribution in [0.25, 0.3) is 56.7 Å². The predicted molar refractivity (Wildman–Crippen MR) is 164 cm³/mol. The number of benzene rings is 6. The van der Waals surface area contributed by atoms with Crippen LogP contribution < -0.4 is 0 Å². The molecule has 180 valence electrons. The summed E-state index contributed by atoms with van der Waals surface area (Å²) in [6, 6.07) is 56.1. The third-order valence-corrected chi connectivity index (χ3v) is 6.81. The molecule has 0 aromatic heterocycles. The van der Waals surface area contributed by atoms with E-state index >= 15 is 0 Å². The van der Waals surface area contributed by atoms with E-state index in [4.69, 9.17) is 0 Å². The Balaban J connectivity index is 1.44. The lowest BCUT2D eigenvalue weighted by atomic mass is 9.94. The fourth-order valence-electron chi connectivity index (χ4n) is 4.88. The molecular weight excluding hydrogens is 456 g/mol. The van der Waals surface area contributed by atoms with Gasteiger partial charge >= 0.3 is 0 Å². The maximum atomic E-state index is 2.28. The Labute approximate surface area is 225 Å². The van der Waals surface area contributed by atoms with E-state index in [1.165, 1.54) is 55.6 Å². The Bertz CT molecular complexity index is 1420. The average molecular weight is 485 g/mol. The van der Waals surface area contributed by atoms with Crippen molar-refractivity contribution in [3.63, 3.8) is 0 Å². The molecule has 0 aliphatic carbocycles. The standard InChI is InChI=1S/C38H28/c1-5-13-31(14-6-1)35-23-29(24-36(27-35)32-15-7-2-8-16-32)21-22-30-25-37(33-17-9-3-10-18-33)28-38(26-30)34-19-11-4-12-20-34/h1-28H/b22-21+. The van der Waals surface area contributed by atoms with Crippen molar-refractivity contribution < 1.29 is 0 Å². The van der Waals surface area contributed by atoms with Gasteiger partial charge in [-0.1, -0.05) is 133 Å². The van der Waals surface area contributed by atoms with Crippen LogP contribution in [-0.4, -0.2) is 0 Å². The number of rotatable bonds is 6. The van der Waals surface area contributed by atoms with E-state index in [0.717, 1.165) is 0 Å². The molecule has 0 saturated heterocycles. The minimum atomic E-state index is 1.18. The van der Waals surface area contributed by atoms with E-state index in [0.29, 0.717) is 0 Å². The van der Waals surface area contributed by atoms with E-state index in [2.05, 4.69) is 170 Å². The van der Waals surface area contributed by atoms with Gasteiger partial charge in [0.1, 0.15) is 0 Å². The van der Waals surface area contributed by atoms with E-state index in [1.807, 2.05) is 0 Å². The Hall–Kier alpha value is -4.94. The maximum absolute atomic E-state index is 2.28. The molecule has 0 aliphatic heterocycles. The molecule has 0 heterocycles. The second-order valence-corrected chi connectivity index (χ2v) is 9.48. The molecule has 0 N–H and O–H groups in total. The molecule has 6 rings (SSSR count). The van der Waals surface area contributed by atoms with E-state index in [9.17, 15) is 0 Å². The largest absolute Gasteiger partial charge is 0.0622 e. The molecule has 0 bridgehead atoms. The predicted octanol–water partition coefficient (Wildman–Crippen LogP) is 10.5. The maximum Gasteiger partial charge on any atom is -0.0172 e. The lowest BCUT2D eigenvalue weighted by Gasteiger charge is -2.10. The molecule has 38 heavy (non-hydrogen) atoms. The minimum Gasteiger partial charge on any atom is -0.0622 e. The van der Waals surface area contributed by atoms with Gasteiger partial charge < -0.3 is 0 Å². The molecule has 6 aromatic rings. The third kappa shape index (κ3) is 5.40. The van der Waals surface area contributed by atoms with Crippen molar-refractivity contribution in [2.45, 2.75) is 0 Å². The smallest absolute Gasteiger partial charge is 0.0172 e. The molecule has 0 nitrogen and oxygen atoms in total. The molecule has 0 heteroatoms. The lowest BCUT2D eigenvalue weighted by Crippen LogP contribution is -1.86. The van der Waals surface area contributed by atoms with Gasteiger partial charge in [-0.15, -0.1) is 0 Å². The van der Waals surface area contributed by atoms with Gasteiger partial charge in [-0.2, -0.15) is 0 Å². The first-order valence-electron chi connectivity index (χ1n) is 13.0. The van der Waals surface area contributed by atoms with Gasteiger partial charge in [-0.25, -0.2) is 0 Å². The van der Waals surface area contributed by atoms with Crippen LogP contribution in [-0.2, 0) is 0 Å². The van der Waals surface area contributed by atoms with E-state index in [-0.39, 0.29) is 0 Å². The minimum absolute atomic E-state index is 1.18. The summed E-state index contributed by atoms with van der Waals surface area (Å²) < 4.78 is 0. The van der Waals surface area contributed by atoms with Crippen LogP contribution in [0, 0.1) is 0 Å². The molecule has 0 atom stereocenters. The van der Waals surface area contributed by atoms with Gasteiger partial charge in [0.15, 0.2) is 0 Å². The molecule has 0 radical (unpaired) electrons. The zero-order valence-corrected chi connectivity index (χ0v) is 21.2. The van der Waals surface area contributed by atoms with Crippen LogP contribution >= 0.6 is 0 Å². The summed E-state index contributed by atoms with van der Waals surface area (Å²) in [7, 11) is 0. The van der Waals surface area contributed by atoms with Crippen LogP contribution in [0.4, 0.5) is 0 Å². The quantitative estimate of drug-likeness (QED) is 0.206. The summed E-state index contributed by atoms with van der Waals surface area (Å²) in [5.41, 5.74) is 12.1. The highest BCUT2D eigenvalue weighted by molar-refractivity contribution is 5.83. The van der Waals surface area contributed by atoms with Gasteiger partial charge in [0.2, 0.25) is 0 Å². The highest BCUT2D eigenvalue weighted by Crippen LogP contribution is 2.31. The summed E-state index contributed by atoms with van der Waals surface area (Å²) in [5.74, 6) is 0. The summed E-state index contributed by atoms with van der Waals surface area (Å²) in [5, 5.41) is 0. The van der Waals surface area contributed by atoms with Crippen molar-refractivity contribution in [1.29, 1.82) is 0 Å². The normalized spacial score (nSPS) is 11.1. The highest BCUT2D eigenvalue weighted by Gasteiger charge is 2.06. The molecule has 0 aliphatic rings. The topological polar surface area (TPSA) is 0 Å². The SMILES string of the molecule is C(=C\c1cc(-c2ccccc2)cc(-c2ccccc2)c1)/c1cc(-c2ccccc2)cc(-c2ccccc2)c1. The third-order valence-electron chi connectivity index (χ3n) is 6.81. The molecule has 0 spiro atoms. The van der Waals surface area contributed by atoms with Crippen molar-refractivity contribution in [2.75, 3.05) is 0 Å². The molecule has 0 unspecified atom stereocenters. The Morgan fingerprint density at radius 3 is 0.711 bits per heavy atom. The fraction of sp³-hybridized carbons (Fsp3) is 0. The number of hydrogen-bond acceptors (Lipinski definition) is 0. The van der Waals surface area contributed by atoms with Crippen LogP contribution in [0.1, 0.15) is 11.1 Å². The Morgan fingerprint density at radius 1 is 0.237 bits per heavy atom. The summed E-state index contributed by atoms with van der Waals surface area (Å²) >= 11 is 0.